The van der Waals surface area contributed by atoms with E-state index in [0.29, 0.717) is 28.7 Å². The SMILES string of the molecule is CCOc1cc(/C=C2\C(=O)NC(=O)N(c3ccc(Cl)cc3)C2=O)cc(Cl)c1OCc1cccc(C)c1. The normalized spacial score (nSPS) is 14.7. The predicted octanol–water partition coefficient (Wildman–Crippen LogP) is 5.95. The van der Waals surface area contributed by atoms with Crippen LogP contribution in [0.25, 0.3) is 6.08 Å². The molecule has 9 heteroatoms. The number of ether oxygens (including phenoxy) is 2. The molecular formula is C27H22Cl2N2O5. The Kier molecular flexibility index (Phi) is 7.62. The fourth-order valence-electron chi connectivity index (χ4n) is 3.68. The van der Waals surface area contributed by atoms with E-state index in [4.69, 9.17) is 32.7 Å². The second-order valence-corrected chi connectivity index (χ2v) is 8.82. The summed E-state index contributed by atoms with van der Waals surface area (Å²) in [4.78, 5) is 39.0. The maximum Gasteiger partial charge on any atom is 0.335 e. The number of hydrogen-bond donors (Lipinski definition) is 1. The van der Waals surface area contributed by atoms with Crippen molar-refractivity contribution in [3.63, 3.8) is 0 Å². The van der Waals surface area contributed by atoms with Gasteiger partial charge in [-0.15, -0.1) is 0 Å². The summed E-state index contributed by atoms with van der Waals surface area (Å²) in [6.45, 7) is 4.43. The number of anilines is 1. The molecule has 4 amide bonds. The molecule has 7 nitrogen and oxygen atoms in total. The molecule has 1 heterocycles. The minimum absolute atomic E-state index is 0.239. The highest BCUT2D eigenvalue weighted by Crippen LogP contribution is 2.38. The van der Waals surface area contributed by atoms with Gasteiger partial charge >= 0.3 is 6.03 Å². The number of aryl methyl sites for hydroxylation is 1. The van der Waals surface area contributed by atoms with Gasteiger partial charge in [0.1, 0.15) is 12.2 Å². The van der Waals surface area contributed by atoms with Gasteiger partial charge in [-0.1, -0.05) is 53.0 Å². The zero-order valence-corrected chi connectivity index (χ0v) is 21.0. The van der Waals surface area contributed by atoms with Crippen LogP contribution in [-0.4, -0.2) is 24.5 Å². The van der Waals surface area contributed by atoms with Crippen LogP contribution in [0, 0.1) is 6.92 Å². The fraction of sp³-hybridized carbons (Fsp3) is 0.148. The minimum atomic E-state index is -0.850. The van der Waals surface area contributed by atoms with Gasteiger partial charge in [0, 0.05) is 5.02 Å². The smallest absolute Gasteiger partial charge is 0.335 e. The average Bonchev–Trinajstić information content (AvgIpc) is 2.82. The molecule has 0 bridgehead atoms. The number of nitrogens with one attached hydrogen (secondary N) is 1. The Hall–Kier alpha value is -3.81. The first-order valence-corrected chi connectivity index (χ1v) is 11.8. The molecule has 4 rings (SSSR count). The van der Waals surface area contributed by atoms with Crippen LogP contribution >= 0.6 is 23.2 Å². The van der Waals surface area contributed by atoms with Crippen molar-refractivity contribution in [1.82, 2.24) is 5.32 Å². The molecule has 0 radical (unpaired) electrons. The van der Waals surface area contributed by atoms with Gasteiger partial charge in [-0.25, -0.2) is 9.69 Å². The number of carbonyl (C=O) groups is 3. The zero-order valence-electron chi connectivity index (χ0n) is 19.5. The summed E-state index contributed by atoms with van der Waals surface area (Å²) in [5, 5.41) is 2.88. The maximum absolute atomic E-state index is 13.1. The van der Waals surface area contributed by atoms with Crippen LogP contribution in [0.15, 0.2) is 66.2 Å². The van der Waals surface area contributed by atoms with Gasteiger partial charge in [0.2, 0.25) is 0 Å². The number of halogens is 2. The summed E-state index contributed by atoms with van der Waals surface area (Å²) in [6.07, 6.45) is 1.35. The molecule has 0 aromatic heterocycles. The third-order valence-corrected chi connectivity index (χ3v) is 5.83. The number of benzene rings is 3. The Morgan fingerprint density at radius 3 is 2.42 bits per heavy atom. The molecule has 36 heavy (non-hydrogen) atoms. The Bertz CT molecular complexity index is 1370. The Balaban J connectivity index is 1.65. The van der Waals surface area contributed by atoms with Crippen LogP contribution in [0.1, 0.15) is 23.6 Å². The van der Waals surface area contributed by atoms with E-state index in [1.165, 1.54) is 18.2 Å². The Labute approximate surface area is 218 Å². The van der Waals surface area contributed by atoms with Gasteiger partial charge in [-0.2, -0.15) is 0 Å². The van der Waals surface area contributed by atoms with E-state index in [0.717, 1.165) is 16.0 Å². The Morgan fingerprint density at radius 1 is 0.972 bits per heavy atom. The van der Waals surface area contributed by atoms with Crippen molar-refractivity contribution in [2.75, 3.05) is 11.5 Å². The predicted molar refractivity (Wildman–Crippen MR) is 139 cm³/mol. The highest BCUT2D eigenvalue weighted by atomic mass is 35.5. The summed E-state index contributed by atoms with van der Waals surface area (Å²) in [7, 11) is 0. The molecule has 1 fully saturated rings. The molecule has 3 aromatic rings. The topological polar surface area (TPSA) is 84.9 Å². The van der Waals surface area contributed by atoms with Gasteiger partial charge in [0.05, 0.1) is 17.3 Å². The van der Waals surface area contributed by atoms with E-state index >= 15 is 0 Å². The first kappa shape index (κ1) is 25.3. The van der Waals surface area contributed by atoms with E-state index in [1.807, 2.05) is 38.1 Å². The third-order valence-electron chi connectivity index (χ3n) is 5.29. The fourth-order valence-corrected chi connectivity index (χ4v) is 4.08. The first-order valence-electron chi connectivity index (χ1n) is 11.1. The number of rotatable bonds is 7. The molecule has 184 valence electrons. The van der Waals surface area contributed by atoms with Crippen LogP contribution in [-0.2, 0) is 16.2 Å². The zero-order chi connectivity index (χ0) is 25.8. The molecule has 0 atom stereocenters. The molecule has 1 aliphatic rings. The number of urea groups is 1. The molecule has 1 N–H and O–H groups in total. The summed E-state index contributed by atoms with van der Waals surface area (Å²) >= 11 is 12.4. The number of nitrogens with zero attached hydrogens (tertiary/aromatic N) is 1. The second-order valence-electron chi connectivity index (χ2n) is 7.97. The number of imide groups is 2. The molecule has 1 aliphatic heterocycles. The molecule has 0 spiro atoms. The summed E-state index contributed by atoms with van der Waals surface area (Å²) in [6, 6.07) is 16.3. The van der Waals surface area contributed by atoms with Crippen molar-refractivity contribution >= 4 is 52.8 Å². The standard InChI is InChI=1S/C27H22Cl2N2O5/c1-3-35-23-14-18(13-22(29)24(23)36-15-17-6-4-5-16(2)11-17)12-21-25(32)30-27(34)31(26(21)33)20-9-7-19(28)8-10-20/h4-14H,3,15H2,1-2H3,(H,30,32,34)/b21-12+. The van der Waals surface area contributed by atoms with Crippen LogP contribution in [0.3, 0.4) is 0 Å². The van der Waals surface area contributed by atoms with E-state index in [1.54, 1.807) is 24.3 Å². The summed E-state index contributed by atoms with van der Waals surface area (Å²) in [5.74, 6) is -0.887. The lowest BCUT2D eigenvalue weighted by molar-refractivity contribution is -0.122. The first-order chi connectivity index (χ1) is 17.3. The van der Waals surface area contributed by atoms with Gasteiger partial charge in [0.25, 0.3) is 11.8 Å². The average molecular weight is 525 g/mol. The molecule has 0 unspecified atom stereocenters. The quantitative estimate of drug-likeness (QED) is 0.305. The van der Waals surface area contributed by atoms with Crippen molar-refractivity contribution < 1.29 is 23.9 Å². The van der Waals surface area contributed by atoms with Crippen molar-refractivity contribution in [3.05, 3.63) is 93.0 Å². The number of amides is 4. The van der Waals surface area contributed by atoms with E-state index in [-0.39, 0.29) is 22.9 Å². The largest absolute Gasteiger partial charge is 0.490 e. The van der Waals surface area contributed by atoms with Crippen LogP contribution in [0.4, 0.5) is 10.5 Å². The Morgan fingerprint density at radius 2 is 1.72 bits per heavy atom. The van der Waals surface area contributed by atoms with Gasteiger partial charge in [-0.3, -0.25) is 14.9 Å². The summed E-state index contributed by atoms with van der Waals surface area (Å²) in [5.41, 5.74) is 2.53. The van der Waals surface area contributed by atoms with Crippen LogP contribution < -0.4 is 19.7 Å². The lowest BCUT2D eigenvalue weighted by Crippen LogP contribution is -2.54. The maximum atomic E-state index is 13.1. The number of barbiturate groups is 1. The monoisotopic (exact) mass is 524 g/mol. The molecule has 3 aromatic carbocycles. The van der Waals surface area contributed by atoms with Crippen molar-refractivity contribution in [2.45, 2.75) is 20.5 Å². The molecule has 0 aliphatic carbocycles. The van der Waals surface area contributed by atoms with E-state index in [9.17, 15) is 14.4 Å². The third kappa shape index (κ3) is 5.53. The number of carbonyl (C=O) groups excluding carboxylic acids is 3. The van der Waals surface area contributed by atoms with Gasteiger partial charge < -0.3 is 9.47 Å². The second kappa shape index (κ2) is 10.8. The van der Waals surface area contributed by atoms with Gasteiger partial charge in [-0.05, 0) is 67.4 Å². The highest BCUT2D eigenvalue weighted by molar-refractivity contribution is 6.39. The number of hydrogen-bond acceptors (Lipinski definition) is 5. The molecule has 1 saturated heterocycles. The molecular weight excluding hydrogens is 503 g/mol. The van der Waals surface area contributed by atoms with E-state index < -0.39 is 17.8 Å². The van der Waals surface area contributed by atoms with Gasteiger partial charge in [0.15, 0.2) is 11.5 Å². The molecule has 0 saturated carbocycles. The lowest BCUT2D eigenvalue weighted by Gasteiger charge is -2.26. The highest BCUT2D eigenvalue weighted by Gasteiger charge is 2.36. The van der Waals surface area contributed by atoms with Crippen molar-refractivity contribution in [3.8, 4) is 11.5 Å². The van der Waals surface area contributed by atoms with Crippen LogP contribution in [0.2, 0.25) is 10.0 Å². The minimum Gasteiger partial charge on any atom is -0.490 e. The van der Waals surface area contributed by atoms with Crippen molar-refractivity contribution in [2.24, 2.45) is 0 Å². The summed E-state index contributed by atoms with van der Waals surface area (Å²) < 4.78 is 11.7. The van der Waals surface area contributed by atoms with Crippen molar-refractivity contribution in [1.29, 1.82) is 0 Å². The lowest BCUT2D eigenvalue weighted by atomic mass is 10.1. The van der Waals surface area contributed by atoms with Crippen LogP contribution in [0.5, 0.6) is 11.5 Å². The van der Waals surface area contributed by atoms with E-state index in [2.05, 4.69) is 5.32 Å².